The first-order valence-corrected chi connectivity index (χ1v) is 14.0. The summed E-state index contributed by atoms with van der Waals surface area (Å²) in [6, 6.07) is 9.65. The minimum Gasteiger partial charge on any atom is -0.445 e. The van der Waals surface area contributed by atoms with Crippen LogP contribution in [0.4, 0.5) is 18.4 Å². The molecule has 230 valence electrons. The maximum absolute atomic E-state index is 13.9. The van der Waals surface area contributed by atoms with Crippen molar-refractivity contribution in [1.29, 1.82) is 0 Å². The van der Waals surface area contributed by atoms with E-state index in [0.29, 0.717) is 17.5 Å². The number of carbonyl (C=O) groups is 4. The van der Waals surface area contributed by atoms with Crippen LogP contribution in [0.3, 0.4) is 0 Å². The number of ether oxygens (including phenoxy) is 1. The highest BCUT2D eigenvalue weighted by molar-refractivity contribution is 5.91. The fourth-order valence-electron chi connectivity index (χ4n) is 5.34. The van der Waals surface area contributed by atoms with Gasteiger partial charge < -0.3 is 25.2 Å². The van der Waals surface area contributed by atoms with Gasteiger partial charge in [-0.3, -0.25) is 9.59 Å². The first-order chi connectivity index (χ1) is 20.6. The second-order valence-electron chi connectivity index (χ2n) is 10.4. The topological polar surface area (TPSA) is 115 Å². The summed E-state index contributed by atoms with van der Waals surface area (Å²) in [5.41, 5.74) is 1.38. The number of nitrogens with one attached hydrogen (secondary N) is 2. The lowest BCUT2D eigenvalue weighted by Gasteiger charge is -2.55. The van der Waals surface area contributed by atoms with Gasteiger partial charge in [0.15, 0.2) is 0 Å². The van der Waals surface area contributed by atoms with E-state index < -0.39 is 42.0 Å². The summed E-state index contributed by atoms with van der Waals surface area (Å²) in [4.78, 5) is 55.8. The number of rotatable bonds is 10. The second kappa shape index (κ2) is 14.1. The highest BCUT2D eigenvalue weighted by atomic mass is 19.1. The van der Waals surface area contributed by atoms with Crippen molar-refractivity contribution >= 4 is 23.9 Å². The molecule has 2 N–H and O–H groups in total. The second-order valence-corrected chi connectivity index (χ2v) is 10.4. The van der Waals surface area contributed by atoms with E-state index >= 15 is 0 Å². The van der Waals surface area contributed by atoms with Crippen LogP contribution in [0.15, 0.2) is 61.2 Å². The number of benzene rings is 2. The first kappa shape index (κ1) is 31.4. The van der Waals surface area contributed by atoms with Crippen LogP contribution in [0.25, 0.3) is 0 Å². The van der Waals surface area contributed by atoms with Crippen molar-refractivity contribution in [1.82, 2.24) is 30.5 Å². The Labute approximate surface area is 249 Å². The van der Waals surface area contributed by atoms with Crippen molar-refractivity contribution in [3.8, 4) is 0 Å². The number of hydrogen-bond acceptors (Lipinski definition) is 6. The maximum atomic E-state index is 13.9. The Morgan fingerprint density at radius 2 is 1.72 bits per heavy atom. The molecule has 2 heterocycles. The van der Waals surface area contributed by atoms with E-state index in [1.807, 2.05) is 6.92 Å². The molecule has 3 atom stereocenters. The predicted octanol–water partition coefficient (Wildman–Crippen LogP) is 3.16. The molecule has 13 heteroatoms. The fourth-order valence-corrected chi connectivity index (χ4v) is 5.34. The summed E-state index contributed by atoms with van der Waals surface area (Å²) in [6.07, 6.45) is 0.540. The number of alkyl carbamates (subject to hydrolysis) is 1. The molecule has 2 fully saturated rings. The van der Waals surface area contributed by atoms with Crippen LogP contribution < -0.4 is 10.6 Å². The normalized spacial score (nSPS) is 19.5. The van der Waals surface area contributed by atoms with Crippen LogP contribution in [0.1, 0.15) is 36.9 Å². The summed E-state index contributed by atoms with van der Waals surface area (Å²) >= 11 is 0. The lowest BCUT2D eigenvalue weighted by molar-refractivity contribution is -0.189. The molecule has 2 unspecified atom stereocenters. The van der Waals surface area contributed by atoms with Crippen molar-refractivity contribution in [2.24, 2.45) is 0 Å². The molecule has 4 rings (SSSR count). The van der Waals surface area contributed by atoms with E-state index in [-0.39, 0.29) is 51.0 Å². The number of likely N-dealkylation sites (N-methyl/N-ethyl adjacent to an activating group) is 1. The average molecular weight is 599 g/mol. The van der Waals surface area contributed by atoms with Crippen molar-refractivity contribution in [3.63, 3.8) is 0 Å². The van der Waals surface area contributed by atoms with E-state index in [1.165, 1.54) is 45.3 Å². The molecule has 2 aromatic rings. The van der Waals surface area contributed by atoms with Gasteiger partial charge in [-0.2, -0.15) is 0 Å². The van der Waals surface area contributed by atoms with Gasteiger partial charge in [-0.05, 0) is 55.2 Å². The molecule has 2 aliphatic heterocycles. The molecule has 0 aliphatic carbocycles. The van der Waals surface area contributed by atoms with Crippen LogP contribution in [0, 0.1) is 11.6 Å². The molecule has 0 spiro atoms. The van der Waals surface area contributed by atoms with Crippen LogP contribution in [0.5, 0.6) is 0 Å². The summed E-state index contributed by atoms with van der Waals surface area (Å²) in [6.45, 7) is 5.55. The highest BCUT2D eigenvalue weighted by Crippen LogP contribution is 2.32. The molecule has 0 saturated carbocycles. The molecule has 2 saturated heterocycles. The van der Waals surface area contributed by atoms with Gasteiger partial charge in [0.05, 0.1) is 19.1 Å². The largest absolute Gasteiger partial charge is 0.445 e. The SMILES string of the molecule is C=CCOC(=O)NCCC[C@H]1C(=O)N(C(C)c2ccc(F)cc2)CC2N1C(=O)CN(C)N2C(=O)NCc1ccc(F)cc1. The Balaban J connectivity index is 1.57. The van der Waals surface area contributed by atoms with E-state index in [2.05, 4.69) is 17.2 Å². The molecule has 0 aromatic heterocycles. The third-order valence-electron chi connectivity index (χ3n) is 7.53. The van der Waals surface area contributed by atoms with Crippen LogP contribution in [-0.2, 0) is 20.9 Å². The Morgan fingerprint density at radius 1 is 1.07 bits per heavy atom. The number of fused-ring (bicyclic) bond motifs is 1. The third-order valence-corrected chi connectivity index (χ3v) is 7.53. The van der Waals surface area contributed by atoms with Gasteiger partial charge in [0.25, 0.3) is 0 Å². The zero-order valence-electron chi connectivity index (χ0n) is 24.2. The van der Waals surface area contributed by atoms with E-state index in [9.17, 15) is 28.0 Å². The monoisotopic (exact) mass is 598 g/mol. The smallest absolute Gasteiger partial charge is 0.407 e. The van der Waals surface area contributed by atoms with Gasteiger partial charge in [0, 0.05) is 20.1 Å². The summed E-state index contributed by atoms with van der Waals surface area (Å²) in [5, 5.41) is 8.36. The zero-order valence-corrected chi connectivity index (χ0v) is 24.2. The maximum Gasteiger partial charge on any atom is 0.407 e. The number of hydrazine groups is 1. The zero-order chi connectivity index (χ0) is 31.1. The molecule has 0 radical (unpaired) electrons. The molecule has 2 aliphatic rings. The lowest BCUT2D eigenvalue weighted by atomic mass is 9.98. The summed E-state index contributed by atoms with van der Waals surface area (Å²) in [5.74, 6) is -1.43. The van der Waals surface area contributed by atoms with Gasteiger partial charge in [-0.1, -0.05) is 36.9 Å². The number of nitrogens with zero attached hydrogens (tertiary/aromatic N) is 4. The number of halogens is 2. The van der Waals surface area contributed by atoms with Crippen LogP contribution in [-0.4, -0.2) is 89.3 Å². The lowest BCUT2D eigenvalue weighted by Crippen LogP contribution is -2.76. The summed E-state index contributed by atoms with van der Waals surface area (Å²) < 4.78 is 31.9. The number of amides is 5. The highest BCUT2D eigenvalue weighted by Gasteiger charge is 2.51. The Hall–Kier alpha value is -4.52. The quantitative estimate of drug-likeness (QED) is 0.321. The molecule has 0 bridgehead atoms. The molecular formula is C30H36F2N6O5. The molecule has 5 amide bonds. The van der Waals surface area contributed by atoms with Crippen LogP contribution in [0.2, 0.25) is 0 Å². The fraction of sp³-hybridized carbons (Fsp3) is 0.400. The van der Waals surface area contributed by atoms with Crippen LogP contribution >= 0.6 is 0 Å². The number of carbonyl (C=O) groups excluding carboxylic acids is 4. The number of piperazine rings is 1. The van der Waals surface area contributed by atoms with Crippen molar-refractivity contribution in [3.05, 3.63) is 83.9 Å². The Morgan fingerprint density at radius 3 is 2.37 bits per heavy atom. The standard InChI is InChI=1S/C30H36F2N6O5/c1-4-16-43-30(42)33-15-5-6-25-28(40)36(20(2)22-9-13-24(32)14-10-22)18-26-37(25)27(39)19-35(3)38(26)29(41)34-17-21-7-11-23(31)12-8-21/h4,7-14,20,25-26H,1,5-6,15-19H2,2-3H3,(H,33,42)(H,34,41)/t20?,25-,26?/m0/s1. The Bertz CT molecular complexity index is 1330. The molecule has 43 heavy (non-hydrogen) atoms. The third kappa shape index (κ3) is 7.47. The molecular weight excluding hydrogens is 562 g/mol. The minimum absolute atomic E-state index is 0.0139. The van der Waals surface area contributed by atoms with E-state index in [1.54, 1.807) is 36.2 Å². The molecule has 2 aromatic carbocycles. The Kier molecular flexibility index (Phi) is 10.3. The molecule has 11 nitrogen and oxygen atoms in total. The van der Waals surface area contributed by atoms with Gasteiger partial charge in [-0.25, -0.2) is 28.4 Å². The minimum atomic E-state index is -0.916. The van der Waals surface area contributed by atoms with Crippen molar-refractivity contribution in [2.45, 2.75) is 44.6 Å². The van der Waals surface area contributed by atoms with Gasteiger partial charge in [0.1, 0.15) is 30.4 Å². The predicted molar refractivity (Wildman–Crippen MR) is 153 cm³/mol. The van der Waals surface area contributed by atoms with Crippen molar-refractivity contribution in [2.75, 3.05) is 33.3 Å². The number of hydrogen-bond donors (Lipinski definition) is 2. The van der Waals surface area contributed by atoms with Gasteiger partial charge in [-0.15, -0.1) is 0 Å². The first-order valence-electron chi connectivity index (χ1n) is 14.0. The van der Waals surface area contributed by atoms with E-state index in [0.717, 1.165) is 0 Å². The number of urea groups is 1. The van der Waals surface area contributed by atoms with Crippen molar-refractivity contribution < 1.29 is 32.7 Å². The average Bonchev–Trinajstić information content (AvgIpc) is 2.98. The van der Waals surface area contributed by atoms with Gasteiger partial charge in [0.2, 0.25) is 11.8 Å². The summed E-state index contributed by atoms with van der Waals surface area (Å²) in [7, 11) is 1.62. The van der Waals surface area contributed by atoms with Gasteiger partial charge >= 0.3 is 12.1 Å². The van der Waals surface area contributed by atoms with E-state index in [4.69, 9.17) is 4.74 Å².